The smallest absolute Gasteiger partial charge is 0.108 e. The molecule has 80 valence electrons. The molecule has 0 aromatic heterocycles. The molecule has 0 amide bonds. The van der Waals surface area contributed by atoms with Gasteiger partial charge >= 0.3 is 0 Å². The van der Waals surface area contributed by atoms with Crippen molar-refractivity contribution in [2.45, 2.75) is 39.7 Å². The monoisotopic (exact) mass is 195 g/mol. The van der Waals surface area contributed by atoms with Crippen LogP contribution >= 0.6 is 0 Å². The first-order valence-electron chi connectivity index (χ1n) is 5.40. The van der Waals surface area contributed by atoms with Gasteiger partial charge in [0.2, 0.25) is 0 Å². The van der Waals surface area contributed by atoms with E-state index >= 15 is 0 Å². The van der Waals surface area contributed by atoms with Gasteiger partial charge < -0.3 is 10.1 Å². The van der Waals surface area contributed by atoms with Gasteiger partial charge in [-0.05, 0) is 46.7 Å². The number of rotatable bonds is 2. The van der Waals surface area contributed by atoms with Crippen LogP contribution in [0.2, 0.25) is 0 Å². The van der Waals surface area contributed by atoms with Gasteiger partial charge in [-0.1, -0.05) is 11.8 Å². The van der Waals surface area contributed by atoms with Gasteiger partial charge in [0.15, 0.2) is 0 Å². The molecule has 1 rings (SSSR count). The van der Waals surface area contributed by atoms with E-state index in [1.807, 2.05) is 0 Å². The lowest BCUT2D eigenvalue weighted by Gasteiger charge is -2.21. The largest absolute Gasteiger partial charge is 0.365 e. The molecule has 2 nitrogen and oxygen atoms in total. The predicted octanol–water partition coefficient (Wildman–Crippen LogP) is 1.80. The lowest BCUT2D eigenvalue weighted by atomic mass is 9.98. The van der Waals surface area contributed by atoms with Crippen LogP contribution in [0.5, 0.6) is 0 Å². The average molecular weight is 195 g/mol. The lowest BCUT2D eigenvalue weighted by Crippen LogP contribution is -2.32. The van der Waals surface area contributed by atoms with Crippen molar-refractivity contribution >= 4 is 0 Å². The molecule has 1 saturated heterocycles. The van der Waals surface area contributed by atoms with Crippen molar-refractivity contribution in [3.63, 3.8) is 0 Å². The zero-order valence-electron chi connectivity index (χ0n) is 9.52. The van der Waals surface area contributed by atoms with Crippen LogP contribution in [-0.4, -0.2) is 25.8 Å². The van der Waals surface area contributed by atoms with Crippen LogP contribution in [0.25, 0.3) is 0 Å². The Morgan fingerprint density at radius 1 is 1.29 bits per heavy atom. The molecular weight excluding hydrogens is 174 g/mol. The van der Waals surface area contributed by atoms with Gasteiger partial charge in [0.05, 0.1) is 6.10 Å². The standard InChI is InChI=1S/C12H21NO/c1-12(2,3)7-4-10-14-11-5-8-13-9-6-11/h11,13H,5-6,8-10H2,1-3H3. The Labute approximate surface area is 87.4 Å². The molecule has 0 aromatic rings. The zero-order valence-corrected chi connectivity index (χ0v) is 9.52. The highest BCUT2D eigenvalue weighted by Gasteiger charge is 2.12. The molecule has 0 aliphatic carbocycles. The topological polar surface area (TPSA) is 21.3 Å². The number of piperidine rings is 1. The van der Waals surface area contributed by atoms with Gasteiger partial charge in [0.25, 0.3) is 0 Å². The molecule has 0 atom stereocenters. The maximum Gasteiger partial charge on any atom is 0.108 e. The molecule has 0 unspecified atom stereocenters. The van der Waals surface area contributed by atoms with E-state index in [1.165, 1.54) is 0 Å². The molecular formula is C12H21NO. The van der Waals surface area contributed by atoms with Gasteiger partial charge in [0.1, 0.15) is 6.61 Å². The van der Waals surface area contributed by atoms with Crippen molar-refractivity contribution < 1.29 is 4.74 Å². The molecule has 14 heavy (non-hydrogen) atoms. The molecule has 0 bridgehead atoms. The summed E-state index contributed by atoms with van der Waals surface area (Å²) in [6.45, 7) is 9.09. The highest BCUT2D eigenvalue weighted by Crippen LogP contribution is 2.10. The van der Waals surface area contributed by atoms with Crippen LogP contribution in [0.15, 0.2) is 0 Å². The fourth-order valence-electron chi connectivity index (χ4n) is 1.42. The van der Waals surface area contributed by atoms with Crippen LogP contribution < -0.4 is 5.32 Å². The number of ether oxygens (including phenoxy) is 1. The second kappa shape index (κ2) is 5.38. The minimum Gasteiger partial charge on any atom is -0.365 e. The minimum atomic E-state index is 0.0947. The minimum absolute atomic E-state index is 0.0947. The first kappa shape index (κ1) is 11.6. The van der Waals surface area contributed by atoms with Gasteiger partial charge in [-0.3, -0.25) is 0 Å². The van der Waals surface area contributed by atoms with Crippen molar-refractivity contribution in [2.24, 2.45) is 5.41 Å². The summed E-state index contributed by atoms with van der Waals surface area (Å²) in [5, 5.41) is 3.31. The molecule has 1 N–H and O–H groups in total. The summed E-state index contributed by atoms with van der Waals surface area (Å²) in [4.78, 5) is 0. The normalized spacial score (nSPS) is 18.8. The average Bonchev–Trinajstić information content (AvgIpc) is 2.13. The van der Waals surface area contributed by atoms with Crippen molar-refractivity contribution in [1.29, 1.82) is 0 Å². The second-order valence-corrected chi connectivity index (χ2v) is 4.81. The third kappa shape index (κ3) is 5.26. The Morgan fingerprint density at radius 3 is 2.50 bits per heavy atom. The fraction of sp³-hybridized carbons (Fsp3) is 0.833. The van der Waals surface area contributed by atoms with Gasteiger partial charge in [-0.25, -0.2) is 0 Å². The number of hydrogen-bond acceptors (Lipinski definition) is 2. The van der Waals surface area contributed by atoms with Crippen molar-refractivity contribution in [3.8, 4) is 11.8 Å². The van der Waals surface area contributed by atoms with Crippen molar-refractivity contribution in [3.05, 3.63) is 0 Å². The number of nitrogens with one attached hydrogen (secondary N) is 1. The maximum absolute atomic E-state index is 5.66. The van der Waals surface area contributed by atoms with Crippen LogP contribution in [0.4, 0.5) is 0 Å². The second-order valence-electron chi connectivity index (χ2n) is 4.81. The van der Waals surface area contributed by atoms with E-state index in [2.05, 4.69) is 37.9 Å². The van der Waals surface area contributed by atoms with E-state index in [1.54, 1.807) is 0 Å². The summed E-state index contributed by atoms with van der Waals surface area (Å²) in [7, 11) is 0. The summed E-state index contributed by atoms with van der Waals surface area (Å²) < 4.78 is 5.66. The van der Waals surface area contributed by atoms with Crippen LogP contribution in [-0.2, 0) is 4.74 Å². The van der Waals surface area contributed by atoms with Crippen molar-refractivity contribution in [1.82, 2.24) is 5.32 Å². The Hall–Kier alpha value is -0.520. The third-order valence-corrected chi connectivity index (χ3v) is 2.14. The summed E-state index contributed by atoms with van der Waals surface area (Å²) in [5.41, 5.74) is 0.0947. The Kier molecular flexibility index (Phi) is 4.44. The van der Waals surface area contributed by atoms with Gasteiger partial charge in [-0.15, -0.1) is 0 Å². The molecule has 1 aliphatic heterocycles. The van der Waals surface area contributed by atoms with E-state index in [9.17, 15) is 0 Å². The summed E-state index contributed by atoms with van der Waals surface area (Å²) >= 11 is 0. The molecule has 1 heterocycles. The summed E-state index contributed by atoms with van der Waals surface area (Å²) in [6, 6.07) is 0. The van der Waals surface area contributed by atoms with Gasteiger partial charge in [0, 0.05) is 5.41 Å². The first-order chi connectivity index (χ1) is 6.58. The van der Waals surface area contributed by atoms with Crippen LogP contribution in [0, 0.1) is 17.3 Å². The lowest BCUT2D eigenvalue weighted by molar-refractivity contribution is 0.0546. The molecule has 2 heteroatoms. The van der Waals surface area contributed by atoms with Crippen LogP contribution in [0.1, 0.15) is 33.6 Å². The molecule has 1 fully saturated rings. The summed E-state index contributed by atoms with van der Waals surface area (Å²) in [6.07, 6.45) is 2.67. The molecule has 0 saturated carbocycles. The number of hydrogen-bond donors (Lipinski definition) is 1. The SMILES string of the molecule is CC(C)(C)C#CCOC1CCNCC1. The third-order valence-electron chi connectivity index (χ3n) is 2.14. The Morgan fingerprint density at radius 2 is 1.93 bits per heavy atom. The first-order valence-corrected chi connectivity index (χ1v) is 5.40. The molecule has 0 spiro atoms. The predicted molar refractivity (Wildman–Crippen MR) is 59.1 cm³/mol. The quantitative estimate of drug-likeness (QED) is 0.678. The zero-order chi connectivity index (χ0) is 10.4. The Bertz CT molecular complexity index is 213. The van der Waals surface area contributed by atoms with Crippen molar-refractivity contribution in [2.75, 3.05) is 19.7 Å². The van der Waals surface area contributed by atoms with E-state index in [0.717, 1.165) is 25.9 Å². The molecule has 0 radical (unpaired) electrons. The van der Waals surface area contributed by atoms with E-state index in [4.69, 9.17) is 4.74 Å². The highest BCUT2D eigenvalue weighted by atomic mass is 16.5. The Balaban J connectivity index is 2.16. The van der Waals surface area contributed by atoms with E-state index in [0.29, 0.717) is 12.7 Å². The molecule has 1 aliphatic rings. The van der Waals surface area contributed by atoms with E-state index < -0.39 is 0 Å². The van der Waals surface area contributed by atoms with Gasteiger partial charge in [-0.2, -0.15) is 0 Å². The maximum atomic E-state index is 5.66. The molecule has 0 aromatic carbocycles. The fourth-order valence-corrected chi connectivity index (χ4v) is 1.42. The van der Waals surface area contributed by atoms with E-state index in [-0.39, 0.29) is 5.41 Å². The highest BCUT2D eigenvalue weighted by molar-refractivity contribution is 5.07. The van der Waals surface area contributed by atoms with Crippen LogP contribution in [0.3, 0.4) is 0 Å². The summed E-state index contributed by atoms with van der Waals surface area (Å²) in [5.74, 6) is 6.25.